The summed E-state index contributed by atoms with van der Waals surface area (Å²) in [7, 11) is 0. The van der Waals surface area contributed by atoms with Crippen molar-refractivity contribution in [3.63, 3.8) is 0 Å². The van der Waals surface area contributed by atoms with Gasteiger partial charge >= 0.3 is 5.91 Å². The number of H-pyrrole nitrogens is 1. The first-order valence-corrected chi connectivity index (χ1v) is 8.37. The van der Waals surface area contributed by atoms with Gasteiger partial charge in [0.2, 0.25) is 0 Å². The highest BCUT2D eigenvalue weighted by Crippen LogP contribution is 2.08. The van der Waals surface area contributed by atoms with Gasteiger partial charge in [0.1, 0.15) is 5.82 Å². The minimum atomic E-state index is -0.728. The summed E-state index contributed by atoms with van der Waals surface area (Å²) < 4.78 is 15.5. The van der Waals surface area contributed by atoms with Gasteiger partial charge in [-0.05, 0) is 19.9 Å². The van der Waals surface area contributed by atoms with Crippen LogP contribution in [0.4, 0.5) is 4.39 Å². The average molecular weight is 358 g/mol. The molecular weight excluding hydrogens is 343 g/mol. The van der Waals surface area contributed by atoms with Crippen molar-refractivity contribution in [2.45, 2.75) is 20.4 Å². The van der Waals surface area contributed by atoms with Crippen LogP contribution in [-0.4, -0.2) is 20.4 Å². The summed E-state index contributed by atoms with van der Waals surface area (Å²) in [6, 6.07) is 6.40. The summed E-state index contributed by atoms with van der Waals surface area (Å²) in [5, 5.41) is 1.74. The van der Waals surface area contributed by atoms with Crippen molar-refractivity contribution in [3.8, 4) is 0 Å². The molecule has 0 fully saturated rings. The number of nitrogens with one attached hydrogen (secondary N) is 1. The first-order valence-electron chi connectivity index (χ1n) is 7.49. The van der Waals surface area contributed by atoms with Crippen molar-refractivity contribution in [2.75, 3.05) is 0 Å². The number of halogens is 1. The third-order valence-corrected chi connectivity index (χ3v) is 4.49. The number of benzene rings is 1. The Kier molecular flexibility index (Phi) is 4.71. The van der Waals surface area contributed by atoms with Crippen molar-refractivity contribution in [1.82, 2.24) is 14.5 Å². The number of aromatic amines is 1. The van der Waals surface area contributed by atoms with Crippen LogP contribution in [0.25, 0.3) is 0 Å². The highest BCUT2D eigenvalue weighted by molar-refractivity contribution is 7.07. The van der Waals surface area contributed by atoms with Crippen molar-refractivity contribution in [3.05, 3.63) is 79.5 Å². The van der Waals surface area contributed by atoms with Crippen molar-refractivity contribution in [1.29, 1.82) is 0 Å². The summed E-state index contributed by atoms with van der Waals surface area (Å²) >= 11 is 1.22. The third kappa shape index (κ3) is 3.63. The minimum absolute atomic E-state index is 0.235. The molecule has 0 bridgehead atoms. The third-order valence-electron chi connectivity index (χ3n) is 3.70. The number of nitrogens with zero attached hydrogens (tertiary/aromatic N) is 3. The summed E-state index contributed by atoms with van der Waals surface area (Å²) in [5.74, 6) is -1.06. The predicted octanol–water partition coefficient (Wildman–Crippen LogP) is 2.18. The van der Waals surface area contributed by atoms with Crippen molar-refractivity contribution >= 4 is 17.2 Å². The number of hydrogen-bond acceptors (Lipinski definition) is 4. The second kappa shape index (κ2) is 6.94. The van der Waals surface area contributed by atoms with Crippen LogP contribution in [-0.2, 0) is 6.54 Å². The molecule has 6 nitrogen and oxygen atoms in total. The molecule has 3 rings (SSSR count). The highest BCUT2D eigenvalue weighted by atomic mass is 32.1. The number of aryl methyl sites for hydroxylation is 2. The molecule has 0 aliphatic heterocycles. The average Bonchev–Trinajstić information content (AvgIpc) is 3.00. The van der Waals surface area contributed by atoms with E-state index in [1.165, 1.54) is 17.4 Å². The molecule has 2 aromatic heterocycles. The van der Waals surface area contributed by atoms with E-state index in [4.69, 9.17) is 0 Å². The Hall–Kier alpha value is -2.87. The van der Waals surface area contributed by atoms with E-state index in [-0.39, 0.29) is 18.1 Å². The van der Waals surface area contributed by atoms with E-state index >= 15 is 0 Å². The van der Waals surface area contributed by atoms with Crippen molar-refractivity contribution < 1.29 is 9.18 Å². The Labute approximate surface area is 146 Å². The smallest absolute Gasteiger partial charge is 0.303 e. The second-order valence-corrected chi connectivity index (χ2v) is 6.32. The Bertz CT molecular complexity index is 1060. The van der Waals surface area contributed by atoms with E-state index in [0.717, 1.165) is 0 Å². The minimum Gasteiger partial charge on any atom is -0.323 e. The van der Waals surface area contributed by atoms with Crippen LogP contribution in [0.2, 0.25) is 0 Å². The maximum atomic E-state index is 13.8. The molecule has 2 heterocycles. The summed E-state index contributed by atoms with van der Waals surface area (Å²) in [5.41, 5.74) is 0.816. The fourth-order valence-corrected chi connectivity index (χ4v) is 2.95. The quantitative estimate of drug-likeness (QED) is 0.779. The first-order chi connectivity index (χ1) is 12.0. The van der Waals surface area contributed by atoms with Crippen LogP contribution in [0.3, 0.4) is 0 Å². The number of amides is 1. The fraction of sp³-hybridized carbons (Fsp3) is 0.176. The zero-order valence-electron chi connectivity index (χ0n) is 13.6. The second-order valence-electron chi connectivity index (χ2n) is 5.45. The van der Waals surface area contributed by atoms with Crippen LogP contribution < -0.4 is 10.4 Å². The first kappa shape index (κ1) is 17.0. The van der Waals surface area contributed by atoms with E-state index in [2.05, 4.69) is 15.0 Å². The fourth-order valence-electron chi connectivity index (χ4n) is 2.22. The topological polar surface area (TPSA) is 80.1 Å². The normalized spacial score (nSPS) is 11.7. The molecule has 1 aromatic carbocycles. The van der Waals surface area contributed by atoms with Gasteiger partial charge < -0.3 is 9.55 Å². The Morgan fingerprint density at radius 3 is 2.88 bits per heavy atom. The van der Waals surface area contributed by atoms with E-state index in [1.54, 1.807) is 48.2 Å². The van der Waals surface area contributed by atoms with Gasteiger partial charge in [-0.1, -0.05) is 18.2 Å². The van der Waals surface area contributed by atoms with Gasteiger partial charge in [0.25, 0.3) is 5.56 Å². The van der Waals surface area contributed by atoms with Gasteiger partial charge in [-0.2, -0.15) is 4.99 Å². The van der Waals surface area contributed by atoms with Crippen LogP contribution in [0, 0.1) is 19.7 Å². The summed E-state index contributed by atoms with van der Waals surface area (Å²) in [4.78, 5) is 35.2. The highest BCUT2D eigenvalue weighted by Gasteiger charge is 2.14. The van der Waals surface area contributed by atoms with Crippen molar-refractivity contribution in [2.24, 2.45) is 4.99 Å². The van der Waals surface area contributed by atoms with Crippen LogP contribution >= 0.6 is 11.3 Å². The molecule has 8 heteroatoms. The number of carbonyl (C=O) groups is 1. The SMILES string of the molecule is Cc1nc(C(=O)N=c2sccn2Cc2ccccc2F)c(=O)[nH]c1C. The lowest BCUT2D eigenvalue weighted by Crippen LogP contribution is -2.24. The van der Waals surface area contributed by atoms with Crippen LogP contribution in [0.15, 0.2) is 45.6 Å². The standard InChI is InChI=1S/C17H15FN4O2S/c1-10-11(2)20-15(23)14(19-10)16(24)21-17-22(7-8-25-17)9-12-5-3-4-6-13(12)18/h3-8H,9H2,1-2H3,(H,20,23). The number of rotatable bonds is 3. The molecule has 0 spiro atoms. The van der Waals surface area contributed by atoms with Gasteiger partial charge in [-0.3, -0.25) is 9.59 Å². The van der Waals surface area contributed by atoms with Gasteiger partial charge in [0.05, 0.1) is 12.2 Å². The van der Waals surface area contributed by atoms with Gasteiger partial charge in [-0.15, -0.1) is 11.3 Å². The molecule has 0 aliphatic carbocycles. The monoisotopic (exact) mass is 358 g/mol. The molecule has 1 amide bonds. The number of aromatic nitrogens is 3. The summed E-state index contributed by atoms with van der Waals surface area (Å²) in [6.07, 6.45) is 1.71. The van der Waals surface area contributed by atoms with Crippen LogP contribution in [0.1, 0.15) is 27.4 Å². The lowest BCUT2D eigenvalue weighted by molar-refractivity contribution is 0.0991. The molecular formula is C17H15FN4O2S. The molecule has 1 N–H and O–H groups in total. The largest absolute Gasteiger partial charge is 0.323 e. The zero-order chi connectivity index (χ0) is 18.0. The zero-order valence-corrected chi connectivity index (χ0v) is 14.4. The van der Waals surface area contributed by atoms with E-state index in [9.17, 15) is 14.0 Å². The maximum absolute atomic E-state index is 13.8. The lowest BCUT2D eigenvalue weighted by atomic mass is 10.2. The number of carbonyl (C=O) groups excluding carboxylic acids is 1. The van der Waals surface area contributed by atoms with Crippen LogP contribution in [0.5, 0.6) is 0 Å². The Balaban J connectivity index is 1.97. The Morgan fingerprint density at radius 1 is 1.36 bits per heavy atom. The molecule has 3 aromatic rings. The summed E-state index contributed by atoms with van der Waals surface area (Å²) in [6.45, 7) is 3.64. The molecule has 0 saturated heterocycles. The van der Waals surface area contributed by atoms with E-state index < -0.39 is 11.5 Å². The molecule has 0 atom stereocenters. The predicted molar refractivity (Wildman–Crippen MR) is 92.0 cm³/mol. The maximum Gasteiger partial charge on any atom is 0.303 e. The number of thiazole rings is 1. The van der Waals surface area contributed by atoms with Gasteiger partial charge in [0.15, 0.2) is 10.5 Å². The molecule has 0 unspecified atom stereocenters. The van der Waals surface area contributed by atoms with Gasteiger partial charge in [0, 0.05) is 22.8 Å². The molecule has 25 heavy (non-hydrogen) atoms. The van der Waals surface area contributed by atoms with Gasteiger partial charge in [-0.25, -0.2) is 9.37 Å². The molecule has 128 valence electrons. The Morgan fingerprint density at radius 2 is 2.12 bits per heavy atom. The molecule has 0 radical (unpaired) electrons. The lowest BCUT2D eigenvalue weighted by Gasteiger charge is -2.04. The molecule has 0 saturated carbocycles. The number of hydrogen-bond donors (Lipinski definition) is 1. The van der Waals surface area contributed by atoms with E-state index in [0.29, 0.717) is 21.8 Å². The molecule has 0 aliphatic rings. The van der Waals surface area contributed by atoms with E-state index in [1.807, 2.05) is 0 Å².